The predicted molar refractivity (Wildman–Crippen MR) is 123 cm³/mol. The highest BCUT2D eigenvalue weighted by Crippen LogP contribution is 2.34. The molecule has 0 saturated carbocycles. The quantitative estimate of drug-likeness (QED) is 0.314. The molecule has 3 rings (SSSR count). The Morgan fingerprint density at radius 2 is 1.66 bits per heavy atom. The number of aromatic nitrogens is 1. The average Bonchev–Trinajstić information content (AvgIpc) is 3.16. The molecule has 0 unspecified atom stereocenters. The Morgan fingerprint density at radius 3 is 2.29 bits per heavy atom. The highest BCUT2D eigenvalue weighted by Gasteiger charge is 2.33. The molecule has 0 atom stereocenters. The van der Waals surface area contributed by atoms with Crippen LogP contribution in [-0.4, -0.2) is 33.0 Å². The first kappa shape index (κ1) is 25.7. The molecule has 0 radical (unpaired) electrons. The monoisotopic (exact) mass is 507 g/mol. The molecule has 0 aliphatic rings. The second-order valence-corrected chi connectivity index (χ2v) is 8.48. The molecule has 0 bridgehead atoms. The summed E-state index contributed by atoms with van der Waals surface area (Å²) in [7, 11) is 0. The van der Waals surface area contributed by atoms with E-state index >= 15 is 0 Å². The summed E-state index contributed by atoms with van der Waals surface area (Å²) in [5.41, 5.74) is 0.376. The van der Waals surface area contributed by atoms with Crippen LogP contribution in [0.5, 0.6) is 0 Å². The molecule has 12 heteroatoms. The van der Waals surface area contributed by atoms with Gasteiger partial charge in [-0.15, -0.1) is 11.3 Å². The Labute approximate surface area is 201 Å². The van der Waals surface area contributed by atoms with Gasteiger partial charge in [0, 0.05) is 29.1 Å². The van der Waals surface area contributed by atoms with E-state index in [2.05, 4.69) is 15.6 Å². The van der Waals surface area contributed by atoms with Crippen LogP contribution < -0.4 is 10.6 Å². The van der Waals surface area contributed by atoms with E-state index in [1.165, 1.54) is 30.3 Å². The summed E-state index contributed by atoms with van der Waals surface area (Å²) in [4.78, 5) is 39.0. The van der Waals surface area contributed by atoms with E-state index in [0.717, 1.165) is 17.4 Å². The topological polar surface area (TPSA) is 129 Å². The van der Waals surface area contributed by atoms with Crippen LogP contribution in [0.3, 0.4) is 0 Å². The highest BCUT2D eigenvalue weighted by molar-refractivity contribution is 7.16. The minimum atomic E-state index is -4.49. The van der Waals surface area contributed by atoms with Crippen molar-refractivity contribution < 1.29 is 37.8 Å². The van der Waals surface area contributed by atoms with Gasteiger partial charge in [-0.05, 0) is 29.8 Å². The van der Waals surface area contributed by atoms with Crippen molar-refractivity contribution in [3.63, 3.8) is 0 Å². The average molecular weight is 507 g/mol. The zero-order valence-corrected chi connectivity index (χ0v) is 18.9. The molecule has 0 saturated heterocycles. The molecule has 0 aliphatic carbocycles. The molecule has 4 N–H and O–H groups in total. The van der Waals surface area contributed by atoms with Crippen LogP contribution in [0.4, 0.5) is 24.0 Å². The number of nitrogens with zero attached hydrogens (tertiary/aromatic N) is 1. The van der Waals surface area contributed by atoms with Gasteiger partial charge in [0.15, 0.2) is 5.13 Å². The van der Waals surface area contributed by atoms with Gasteiger partial charge in [-0.3, -0.25) is 19.7 Å². The molecular weight excluding hydrogens is 487 g/mol. The second-order valence-electron chi connectivity index (χ2n) is 7.40. The van der Waals surface area contributed by atoms with Gasteiger partial charge in [0.25, 0.3) is 5.91 Å². The Morgan fingerprint density at radius 1 is 0.971 bits per heavy atom. The normalized spacial score (nSPS) is 11.2. The summed E-state index contributed by atoms with van der Waals surface area (Å²) in [5.74, 6) is -2.68. The lowest BCUT2D eigenvalue weighted by Gasteiger charge is -2.14. The van der Waals surface area contributed by atoms with Crippen molar-refractivity contribution in [1.29, 1.82) is 0 Å². The van der Waals surface area contributed by atoms with Crippen molar-refractivity contribution in [3.05, 3.63) is 75.8 Å². The molecule has 3 aromatic rings. The van der Waals surface area contributed by atoms with Crippen molar-refractivity contribution in [2.75, 3.05) is 10.6 Å². The fourth-order valence-electron chi connectivity index (χ4n) is 3.16. The van der Waals surface area contributed by atoms with Gasteiger partial charge in [0.2, 0.25) is 0 Å². The largest absolute Gasteiger partial charge is 0.481 e. The molecule has 1 heterocycles. The number of para-hydroxylation sites is 1. The number of carboxylic acid groups (broad SMARTS) is 2. The maximum atomic E-state index is 13.1. The fourth-order valence-corrected chi connectivity index (χ4v) is 4.15. The molecule has 1 aromatic heterocycles. The molecule has 0 fully saturated rings. The van der Waals surface area contributed by atoms with Gasteiger partial charge in [-0.1, -0.05) is 24.3 Å². The minimum absolute atomic E-state index is 0.0312. The zero-order valence-electron chi connectivity index (χ0n) is 18.1. The standard InChI is InChI=1S/C23H20F3N3O5S/c24-23(25,26)15-3-1-2-4-16(15)27-12-13-5-7-14(8-6-13)21(34)29-22-28-17(9-10-19(30)31)18(35-22)11-20(32)33/h1-8,27H,9-12H2,(H,30,31)(H,32,33)(H,28,29,34). The van der Waals surface area contributed by atoms with Crippen molar-refractivity contribution >= 4 is 40.0 Å². The Balaban J connectivity index is 1.65. The molecule has 0 aliphatic heterocycles. The van der Waals surface area contributed by atoms with Gasteiger partial charge in [-0.25, -0.2) is 4.98 Å². The van der Waals surface area contributed by atoms with Crippen molar-refractivity contribution in [3.8, 4) is 0 Å². The number of thiazole rings is 1. The molecule has 0 spiro atoms. The number of hydrogen-bond donors (Lipinski definition) is 4. The SMILES string of the molecule is O=C(O)CCc1nc(NC(=O)c2ccc(CNc3ccccc3C(F)(F)F)cc2)sc1CC(=O)O. The summed E-state index contributed by atoms with van der Waals surface area (Å²) < 4.78 is 39.4. The minimum Gasteiger partial charge on any atom is -0.481 e. The van der Waals surface area contributed by atoms with E-state index in [1.54, 1.807) is 12.1 Å². The Bertz CT molecular complexity index is 1230. The van der Waals surface area contributed by atoms with Crippen molar-refractivity contribution in [1.82, 2.24) is 4.98 Å². The number of nitrogens with one attached hydrogen (secondary N) is 2. The molecular formula is C23H20F3N3O5S. The highest BCUT2D eigenvalue weighted by atomic mass is 32.1. The molecule has 184 valence electrons. The lowest BCUT2D eigenvalue weighted by molar-refractivity contribution is -0.137. The second kappa shape index (κ2) is 11.0. The maximum absolute atomic E-state index is 13.1. The number of benzene rings is 2. The van der Waals surface area contributed by atoms with Gasteiger partial charge < -0.3 is 15.5 Å². The number of carbonyl (C=O) groups excluding carboxylic acids is 1. The summed E-state index contributed by atoms with van der Waals surface area (Å²) in [6, 6.07) is 11.3. The van der Waals surface area contributed by atoms with Crippen LogP contribution in [0, 0.1) is 0 Å². The molecule has 1 amide bonds. The van der Waals surface area contributed by atoms with E-state index in [4.69, 9.17) is 10.2 Å². The number of alkyl halides is 3. The van der Waals surface area contributed by atoms with Gasteiger partial charge in [0.05, 0.1) is 24.1 Å². The third-order valence-corrected chi connectivity index (χ3v) is 5.83. The third kappa shape index (κ3) is 7.27. The van der Waals surface area contributed by atoms with Crippen LogP contribution in [0.2, 0.25) is 0 Å². The lowest BCUT2D eigenvalue weighted by atomic mass is 10.1. The first-order valence-corrected chi connectivity index (χ1v) is 11.1. The number of rotatable bonds is 10. The van der Waals surface area contributed by atoms with E-state index in [0.29, 0.717) is 16.1 Å². The molecule has 8 nitrogen and oxygen atoms in total. The van der Waals surface area contributed by atoms with Gasteiger partial charge in [0.1, 0.15) is 0 Å². The maximum Gasteiger partial charge on any atom is 0.418 e. The number of amides is 1. The predicted octanol–water partition coefficient (Wildman–Crippen LogP) is 4.67. The summed E-state index contributed by atoms with van der Waals surface area (Å²) in [6.07, 6.45) is -5.03. The first-order valence-electron chi connectivity index (χ1n) is 10.3. The van der Waals surface area contributed by atoms with Gasteiger partial charge >= 0.3 is 18.1 Å². The third-order valence-electron chi connectivity index (χ3n) is 4.82. The number of carboxylic acids is 2. The van der Waals surface area contributed by atoms with Crippen LogP contribution in [0.1, 0.15) is 38.5 Å². The summed E-state index contributed by atoms with van der Waals surface area (Å²) in [5, 5.41) is 23.4. The Kier molecular flexibility index (Phi) is 8.07. The number of hydrogen-bond acceptors (Lipinski definition) is 6. The molecule has 2 aromatic carbocycles. The first-order chi connectivity index (χ1) is 16.5. The van der Waals surface area contributed by atoms with Gasteiger partial charge in [-0.2, -0.15) is 13.2 Å². The number of aliphatic carboxylic acids is 2. The van der Waals surface area contributed by atoms with Crippen molar-refractivity contribution in [2.45, 2.75) is 32.0 Å². The van der Waals surface area contributed by atoms with E-state index in [1.807, 2.05) is 0 Å². The van der Waals surface area contributed by atoms with E-state index in [9.17, 15) is 27.6 Å². The molecule has 35 heavy (non-hydrogen) atoms. The Hall–Kier alpha value is -3.93. The van der Waals surface area contributed by atoms with E-state index in [-0.39, 0.29) is 42.2 Å². The number of anilines is 2. The van der Waals surface area contributed by atoms with Crippen LogP contribution in [0.15, 0.2) is 48.5 Å². The van der Waals surface area contributed by atoms with Crippen LogP contribution in [0.25, 0.3) is 0 Å². The fraction of sp³-hybridized carbons (Fsp3) is 0.217. The number of halogens is 3. The number of carbonyl (C=O) groups is 3. The van der Waals surface area contributed by atoms with E-state index < -0.39 is 29.6 Å². The summed E-state index contributed by atoms with van der Waals surface area (Å²) in [6.45, 7) is 0.104. The smallest absolute Gasteiger partial charge is 0.418 e. The lowest BCUT2D eigenvalue weighted by Crippen LogP contribution is -2.12. The number of aryl methyl sites for hydroxylation is 1. The zero-order chi connectivity index (χ0) is 25.6. The van der Waals surface area contributed by atoms with Crippen LogP contribution >= 0.6 is 11.3 Å². The summed E-state index contributed by atoms with van der Waals surface area (Å²) >= 11 is 0.956. The van der Waals surface area contributed by atoms with Crippen LogP contribution in [-0.2, 0) is 35.2 Å². The van der Waals surface area contributed by atoms with Crippen molar-refractivity contribution in [2.24, 2.45) is 0 Å².